The molecule has 0 aromatic heterocycles. The molecule has 1 aliphatic heterocycles. The first-order chi connectivity index (χ1) is 12.5. The fourth-order valence-corrected chi connectivity index (χ4v) is 2.98. The molecule has 5 nitrogen and oxygen atoms in total. The summed E-state index contributed by atoms with van der Waals surface area (Å²) in [7, 11) is 0. The maximum absolute atomic E-state index is 12.9. The molecule has 1 atom stereocenters. The van der Waals surface area contributed by atoms with E-state index in [2.05, 4.69) is 10.6 Å². The fraction of sp³-hybridized carbons (Fsp3) is 0.300. The molecule has 0 bridgehead atoms. The minimum Gasteiger partial charge on any atom is -0.338 e. The van der Waals surface area contributed by atoms with Crippen molar-refractivity contribution < 1.29 is 14.0 Å². The van der Waals surface area contributed by atoms with Crippen LogP contribution in [-0.2, 0) is 11.3 Å². The van der Waals surface area contributed by atoms with Crippen molar-refractivity contribution in [3.63, 3.8) is 0 Å². The van der Waals surface area contributed by atoms with Crippen LogP contribution in [0.15, 0.2) is 48.5 Å². The number of aryl methyl sites for hydroxylation is 1. The van der Waals surface area contributed by atoms with E-state index in [9.17, 15) is 14.0 Å². The molecule has 1 aliphatic rings. The summed E-state index contributed by atoms with van der Waals surface area (Å²) >= 11 is 0. The zero-order chi connectivity index (χ0) is 18.5. The highest BCUT2D eigenvalue weighted by molar-refractivity contribution is 5.95. The summed E-state index contributed by atoms with van der Waals surface area (Å²) in [4.78, 5) is 25.9. The molecule has 2 aromatic carbocycles. The van der Waals surface area contributed by atoms with E-state index < -0.39 is 0 Å². The minimum absolute atomic E-state index is 0.0763. The Morgan fingerprint density at radius 1 is 1.12 bits per heavy atom. The molecule has 26 heavy (non-hydrogen) atoms. The molecular formula is C20H22FN3O2. The Morgan fingerprint density at radius 2 is 1.81 bits per heavy atom. The number of hydrogen-bond acceptors (Lipinski definition) is 2. The Bertz CT molecular complexity index is 775. The summed E-state index contributed by atoms with van der Waals surface area (Å²) in [6.07, 6.45) is 0.423. The smallest absolute Gasteiger partial charge is 0.315 e. The van der Waals surface area contributed by atoms with Crippen molar-refractivity contribution in [2.24, 2.45) is 5.92 Å². The number of rotatable bonds is 5. The molecule has 3 amide bonds. The van der Waals surface area contributed by atoms with Gasteiger partial charge in [0.25, 0.3) is 0 Å². The van der Waals surface area contributed by atoms with Crippen molar-refractivity contribution in [2.75, 3.05) is 18.0 Å². The molecule has 0 aliphatic carbocycles. The van der Waals surface area contributed by atoms with Crippen LogP contribution in [0.3, 0.4) is 0 Å². The van der Waals surface area contributed by atoms with Gasteiger partial charge in [0.1, 0.15) is 5.82 Å². The molecule has 0 spiro atoms. The van der Waals surface area contributed by atoms with E-state index >= 15 is 0 Å². The second-order valence-electron chi connectivity index (χ2n) is 6.60. The van der Waals surface area contributed by atoms with Crippen molar-refractivity contribution in [2.45, 2.75) is 19.9 Å². The van der Waals surface area contributed by atoms with Crippen LogP contribution >= 0.6 is 0 Å². The predicted molar refractivity (Wildman–Crippen MR) is 98.3 cm³/mol. The second-order valence-corrected chi connectivity index (χ2v) is 6.60. The summed E-state index contributed by atoms with van der Waals surface area (Å²) in [5, 5.41) is 5.54. The first kappa shape index (κ1) is 17.9. The van der Waals surface area contributed by atoms with Gasteiger partial charge in [-0.15, -0.1) is 0 Å². The largest absolute Gasteiger partial charge is 0.338 e. The molecule has 1 fully saturated rings. The summed E-state index contributed by atoms with van der Waals surface area (Å²) < 4.78 is 12.9. The molecule has 1 saturated heterocycles. The van der Waals surface area contributed by atoms with Gasteiger partial charge < -0.3 is 15.5 Å². The third-order valence-electron chi connectivity index (χ3n) is 4.47. The average Bonchev–Trinajstić information content (AvgIpc) is 3.01. The number of halogens is 1. The lowest BCUT2D eigenvalue weighted by molar-refractivity contribution is -0.117. The van der Waals surface area contributed by atoms with Gasteiger partial charge in [0.05, 0.1) is 0 Å². The Balaban J connectivity index is 1.44. The minimum atomic E-state index is -0.303. The third kappa shape index (κ3) is 4.59. The second kappa shape index (κ2) is 7.99. The first-order valence-corrected chi connectivity index (χ1v) is 8.64. The molecule has 0 unspecified atom stereocenters. The normalized spacial score (nSPS) is 16.6. The molecule has 0 radical (unpaired) electrons. The number of carbonyl (C=O) groups excluding carboxylic acids is 2. The summed E-state index contributed by atoms with van der Waals surface area (Å²) in [6, 6.07) is 13.5. The summed E-state index contributed by atoms with van der Waals surface area (Å²) in [6.45, 7) is 3.36. The Kier molecular flexibility index (Phi) is 5.51. The van der Waals surface area contributed by atoms with Crippen LogP contribution in [0.5, 0.6) is 0 Å². The number of carbonyl (C=O) groups is 2. The standard InChI is InChI=1S/C20H22FN3O2/c1-14-2-8-18(9-3-14)24-13-16(10-19(24)25)12-23-20(26)22-11-15-4-6-17(21)7-5-15/h2-9,16H,10-13H2,1H3,(H2,22,23,26)/t16-/m1/s1. The maximum Gasteiger partial charge on any atom is 0.315 e. The van der Waals surface area contributed by atoms with E-state index in [4.69, 9.17) is 0 Å². The van der Waals surface area contributed by atoms with E-state index in [1.54, 1.807) is 17.0 Å². The van der Waals surface area contributed by atoms with Gasteiger partial charge in [-0.3, -0.25) is 4.79 Å². The van der Waals surface area contributed by atoms with Gasteiger partial charge in [-0.2, -0.15) is 0 Å². The van der Waals surface area contributed by atoms with E-state index in [0.717, 1.165) is 16.8 Å². The van der Waals surface area contributed by atoms with Crippen molar-refractivity contribution in [3.05, 3.63) is 65.5 Å². The van der Waals surface area contributed by atoms with Crippen LogP contribution in [-0.4, -0.2) is 25.0 Å². The molecule has 2 N–H and O–H groups in total. The van der Waals surface area contributed by atoms with Crippen molar-refractivity contribution in [3.8, 4) is 0 Å². The van der Waals surface area contributed by atoms with Crippen LogP contribution in [0.1, 0.15) is 17.5 Å². The zero-order valence-corrected chi connectivity index (χ0v) is 14.7. The van der Waals surface area contributed by atoms with Gasteiger partial charge in [0.2, 0.25) is 5.91 Å². The molecule has 2 aromatic rings. The molecular weight excluding hydrogens is 333 g/mol. The highest BCUT2D eigenvalue weighted by atomic mass is 19.1. The lowest BCUT2D eigenvalue weighted by Crippen LogP contribution is -2.38. The van der Waals surface area contributed by atoms with Gasteiger partial charge in [-0.1, -0.05) is 29.8 Å². The van der Waals surface area contributed by atoms with Crippen LogP contribution in [0, 0.1) is 18.7 Å². The van der Waals surface area contributed by atoms with E-state index in [-0.39, 0.29) is 23.7 Å². The maximum atomic E-state index is 12.9. The quantitative estimate of drug-likeness (QED) is 0.866. The average molecular weight is 355 g/mol. The number of nitrogens with one attached hydrogen (secondary N) is 2. The predicted octanol–water partition coefficient (Wildman–Crippen LogP) is 2.99. The SMILES string of the molecule is Cc1ccc(N2C[C@@H](CNC(=O)NCc3ccc(F)cc3)CC2=O)cc1. The number of benzene rings is 2. The molecule has 1 heterocycles. The van der Waals surface area contributed by atoms with Gasteiger partial charge in [-0.25, -0.2) is 9.18 Å². The van der Waals surface area contributed by atoms with Crippen LogP contribution < -0.4 is 15.5 Å². The highest BCUT2D eigenvalue weighted by Crippen LogP contribution is 2.24. The Morgan fingerprint density at radius 3 is 2.50 bits per heavy atom. The Hall–Kier alpha value is -2.89. The molecule has 6 heteroatoms. The van der Waals surface area contributed by atoms with E-state index in [1.807, 2.05) is 31.2 Å². The first-order valence-electron chi connectivity index (χ1n) is 8.64. The summed E-state index contributed by atoms with van der Waals surface area (Å²) in [5.41, 5.74) is 2.86. The van der Waals surface area contributed by atoms with Crippen molar-refractivity contribution in [1.29, 1.82) is 0 Å². The topological polar surface area (TPSA) is 61.4 Å². The highest BCUT2D eigenvalue weighted by Gasteiger charge is 2.30. The van der Waals surface area contributed by atoms with E-state index in [1.165, 1.54) is 12.1 Å². The number of urea groups is 1. The monoisotopic (exact) mass is 355 g/mol. The van der Waals surface area contributed by atoms with Crippen molar-refractivity contribution in [1.82, 2.24) is 10.6 Å². The fourth-order valence-electron chi connectivity index (χ4n) is 2.98. The number of amides is 3. The zero-order valence-electron chi connectivity index (χ0n) is 14.7. The number of hydrogen-bond donors (Lipinski definition) is 2. The van der Waals surface area contributed by atoms with Crippen LogP contribution in [0.4, 0.5) is 14.9 Å². The Labute approximate surface area is 152 Å². The van der Waals surface area contributed by atoms with Gasteiger partial charge in [-0.05, 0) is 36.8 Å². The third-order valence-corrected chi connectivity index (χ3v) is 4.47. The molecule has 136 valence electrons. The number of nitrogens with zero attached hydrogens (tertiary/aromatic N) is 1. The lowest BCUT2D eigenvalue weighted by atomic mass is 10.1. The molecule has 3 rings (SSSR count). The van der Waals surface area contributed by atoms with Gasteiger partial charge in [0, 0.05) is 37.7 Å². The van der Waals surface area contributed by atoms with Gasteiger partial charge in [0.15, 0.2) is 0 Å². The van der Waals surface area contributed by atoms with Gasteiger partial charge >= 0.3 is 6.03 Å². The molecule has 0 saturated carbocycles. The van der Waals surface area contributed by atoms with E-state index in [0.29, 0.717) is 26.1 Å². The van der Waals surface area contributed by atoms with Crippen molar-refractivity contribution >= 4 is 17.6 Å². The lowest BCUT2D eigenvalue weighted by Gasteiger charge is -2.17. The summed E-state index contributed by atoms with van der Waals surface area (Å²) in [5.74, 6) is -0.144. The number of anilines is 1. The van der Waals surface area contributed by atoms with Crippen LogP contribution in [0.25, 0.3) is 0 Å². The van der Waals surface area contributed by atoms with Crippen LogP contribution in [0.2, 0.25) is 0 Å².